The Bertz CT molecular complexity index is 948. The van der Waals surface area contributed by atoms with E-state index in [1.54, 1.807) is 17.4 Å². The van der Waals surface area contributed by atoms with Gasteiger partial charge < -0.3 is 5.32 Å². The van der Waals surface area contributed by atoms with E-state index in [0.717, 1.165) is 16.6 Å². The summed E-state index contributed by atoms with van der Waals surface area (Å²) in [6.07, 6.45) is 1.75. The molecule has 7 nitrogen and oxygen atoms in total. The summed E-state index contributed by atoms with van der Waals surface area (Å²) in [7, 11) is 0. The first kappa shape index (κ1) is 18.5. The molecular formula is C17H18BrN5O2S. The Hall–Kier alpha value is -2.26. The fourth-order valence-corrected chi connectivity index (χ4v) is 3.35. The second kappa shape index (κ2) is 8.41. The minimum absolute atomic E-state index is 0.114. The molecular weight excluding hydrogens is 418 g/mol. The zero-order valence-electron chi connectivity index (χ0n) is 14.2. The van der Waals surface area contributed by atoms with E-state index in [-0.39, 0.29) is 17.4 Å². The number of amides is 1. The predicted octanol–water partition coefficient (Wildman–Crippen LogP) is 3.36. The Morgan fingerprint density at radius 1 is 1.42 bits per heavy atom. The number of aromatic amines is 1. The Labute approximate surface area is 162 Å². The van der Waals surface area contributed by atoms with Crippen molar-refractivity contribution in [1.29, 1.82) is 0 Å². The summed E-state index contributed by atoms with van der Waals surface area (Å²) < 4.78 is 1.47. The third-order valence-corrected chi connectivity index (χ3v) is 5.09. The number of carbonyl (C=O) groups is 1. The third kappa shape index (κ3) is 4.28. The van der Waals surface area contributed by atoms with Gasteiger partial charge in [0, 0.05) is 29.6 Å². The van der Waals surface area contributed by atoms with Crippen molar-refractivity contribution in [2.75, 3.05) is 10.6 Å². The number of halogens is 1. The van der Waals surface area contributed by atoms with Crippen LogP contribution in [0.3, 0.4) is 0 Å². The van der Waals surface area contributed by atoms with Crippen LogP contribution in [0.4, 0.5) is 5.82 Å². The smallest absolute Gasteiger partial charge is 0.252 e. The number of hydrogen-bond acceptors (Lipinski definition) is 5. The molecule has 0 fully saturated rings. The number of rotatable bonds is 7. The molecule has 0 radical (unpaired) electrons. The van der Waals surface area contributed by atoms with Gasteiger partial charge in [-0.25, -0.2) is 4.98 Å². The molecule has 3 rings (SSSR count). The van der Waals surface area contributed by atoms with E-state index in [4.69, 9.17) is 0 Å². The van der Waals surface area contributed by atoms with Crippen molar-refractivity contribution >= 4 is 39.0 Å². The number of alkyl halides is 1. The standard InChI is InChI=1S/C17H18BrN5O2S/c1-2-11-9-16(25)21-17(19-11)23-14(20-15(24)6-3-7-18)10-12(22-23)13-5-4-8-26-13/h4-5,8-10H,2-3,6-7H2,1H3,(H,20,24)(H,19,21,25). The number of hydrogen-bond donors (Lipinski definition) is 2. The largest absolute Gasteiger partial charge is 0.310 e. The number of anilines is 1. The van der Waals surface area contributed by atoms with Crippen LogP contribution >= 0.6 is 27.3 Å². The molecule has 0 aliphatic heterocycles. The SMILES string of the molecule is CCc1cc(=O)[nH]c(-n2nc(-c3cccs3)cc2NC(=O)CCCBr)n1. The van der Waals surface area contributed by atoms with Crippen LogP contribution in [0.5, 0.6) is 0 Å². The highest BCUT2D eigenvalue weighted by Crippen LogP contribution is 2.27. The Kier molecular flexibility index (Phi) is 6.00. The lowest BCUT2D eigenvalue weighted by molar-refractivity contribution is -0.116. The van der Waals surface area contributed by atoms with E-state index in [1.165, 1.54) is 10.7 Å². The first-order valence-electron chi connectivity index (χ1n) is 8.21. The summed E-state index contributed by atoms with van der Waals surface area (Å²) in [6, 6.07) is 7.13. The van der Waals surface area contributed by atoms with Gasteiger partial charge in [0.1, 0.15) is 11.5 Å². The first-order valence-corrected chi connectivity index (χ1v) is 10.2. The van der Waals surface area contributed by atoms with Crippen molar-refractivity contribution in [3.63, 3.8) is 0 Å². The molecule has 3 heterocycles. The Balaban J connectivity index is 2.03. The molecule has 136 valence electrons. The van der Waals surface area contributed by atoms with E-state index in [1.807, 2.05) is 24.4 Å². The molecule has 0 saturated carbocycles. The van der Waals surface area contributed by atoms with Crippen LogP contribution in [-0.4, -0.2) is 31.0 Å². The van der Waals surface area contributed by atoms with Gasteiger partial charge in [0.05, 0.1) is 4.88 Å². The molecule has 2 N–H and O–H groups in total. The lowest BCUT2D eigenvalue weighted by Gasteiger charge is -2.08. The molecule has 0 bridgehead atoms. The van der Waals surface area contributed by atoms with Crippen LogP contribution < -0.4 is 10.9 Å². The van der Waals surface area contributed by atoms with Gasteiger partial charge in [0.25, 0.3) is 5.56 Å². The van der Waals surface area contributed by atoms with Crippen molar-refractivity contribution in [3.05, 3.63) is 45.7 Å². The van der Waals surface area contributed by atoms with Gasteiger partial charge in [-0.05, 0) is 24.3 Å². The summed E-state index contributed by atoms with van der Waals surface area (Å²) in [5.41, 5.74) is 1.12. The molecule has 1 amide bonds. The van der Waals surface area contributed by atoms with Gasteiger partial charge in [-0.15, -0.1) is 11.3 Å². The van der Waals surface area contributed by atoms with E-state index in [2.05, 4.69) is 36.3 Å². The average molecular weight is 436 g/mol. The number of aromatic nitrogens is 4. The van der Waals surface area contributed by atoms with Gasteiger partial charge in [0.15, 0.2) is 0 Å². The van der Waals surface area contributed by atoms with Gasteiger partial charge in [-0.3, -0.25) is 14.6 Å². The number of thiophene rings is 1. The van der Waals surface area contributed by atoms with E-state index < -0.39 is 0 Å². The maximum absolute atomic E-state index is 12.2. The lowest BCUT2D eigenvalue weighted by atomic mass is 10.3. The highest BCUT2D eigenvalue weighted by atomic mass is 79.9. The van der Waals surface area contributed by atoms with Crippen LogP contribution in [0, 0.1) is 0 Å². The van der Waals surface area contributed by atoms with E-state index >= 15 is 0 Å². The zero-order valence-corrected chi connectivity index (χ0v) is 16.6. The van der Waals surface area contributed by atoms with Crippen molar-refractivity contribution < 1.29 is 4.79 Å². The number of carbonyl (C=O) groups excluding carboxylic acids is 1. The average Bonchev–Trinajstić information content (AvgIpc) is 3.29. The molecule has 0 spiro atoms. The summed E-state index contributed by atoms with van der Waals surface area (Å²) >= 11 is 4.87. The fraction of sp³-hybridized carbons (Fsp3) is 0.294. The topological polar surface area (TPSA) is 92.7 Å². The molecule has 26 heavy (non-hydrogen) atoms. The second-order valence-corrected chi connectivity index (χ2v) is 7.30. The first-order chi connectivity index (χ1) is 12.6. The molecule has 3 aromatic heterocycles. The quantitative estimate of drug-likeness (QED) is 0.556. The molecule has 0 aromatic carbocycles. The number of nitrogens with zero attached hydrogens (tertiary/aromatic N) is 3. The predicted molar refractivity (Wildman–Crippen MR) is 106 cm³/mol. The Morgan fingerprint density at radius 3 is 2.96 bits per heavy atom. The molecule has 0 aliphatic rings. The highest BCUT2D eigenvalue weighted by molar-refractivity contribution is 9.09. The summed E-state index contributed by atoms with van der Waals surface area (Å²) in [6.45, 7) is 1.93. The zero-order chi connectivity index (χ0) is 18.5. The van der Waals surface area contributed by atoms with Gasteiger partial charge >= 0.3 is 0 Å². The van der Waals surface area contributed by atoms with E-state index in [9.17, 15) is 9.59 Å². The van der Waals surface area contributed by atoms with Crippen LogP contribution in [0.1, 0.15) is 25.5 Å². The molecule has 9 heteroatoms. The molecule has 0 aliphatic carbocycles. The van der Waals surface area contributed by atoms with Crippen molar-refractivity contribution in [1.82, 2.24) is 19.7 Å². The van der Waals surface area contributed by atoms with Crippen LogP contribution in [0.15, 0.2) is 34.4 Å². The molecule has 0 unspecified atom stereocenters. The maximum atomic E-state index is 12.2. The molecule has 0 atom stereocenters. The van der Waals surface area contributed by atoms with Crippen LogP contribution in [-0.2, 0) is 11.2 Å². The minimum atomic E-state index is -0.253. The minimum Gasteiger partial charge on any atom is -0.310 e. The summed E-state index contributed by atoms with van der Waals surface area (Å²) in [5, 5.41) is 10.1. The fourth-order valence-electron chi connectivity index (χ4n) is 2.38. The van der Waals surface area contributed by atoms with Crippen LogP contribution in [0.25, 0.3) is 16.5 Å². The third-order valence-electron chi connectivity index (χ3n) is 3.63. The summed E-state index contributed by atoms with van der Waals surface area (Å²) in [5.74, 6) is 0.648. The molecule has 3 aromatic rings. The van der Waals surface area contributed by atoms with Gasteiger partial charge in [-0.2, -0.15) is 9.78 Å². The Morgan fingerprint density at radius 2 is 2.27 bits per heavy atom. The number of aryl methyl sites for hydroxylation is 1. The van der Waals surface area contributed by atoms with Crippen molar-refractivity contribution in [2.45, 2.75) is 26.2 Å². The van der Waals surface area contributed by atoms with E-state index in [0.29, 0.717) is 30.0 Å². The number of H-pyrrole nitrogens is 1. The second-order valence-electron chi connectivity index (χ2n) is 5.56. The monoisotopic (exact) mass is 435 g/mol. The highest BCUT2D eigenvalue weighted by Gasteiger charge is 2.16. The molecule has 0 saturated heterocycles. The number of nitrogens with one attached hydrogen (secondary N) is 2. The van der Waals surface area contributed by atoms with Crippen molar-refractivity contribution in [3.8, 4) is 16.5 Å². The van der Waals surface area contributed by atoms with Crippen LogP contribution in [0.2, 0.25) is 0 Å². The lowest BCUT2D eigenvalue weighted by Crippen LogP contribution is -2.19. The summed E-state index contributed by atoms with van der Waals surface area (Å²) in [4.78, 5) is 32.2. The van der Waals surface area contributed by atoms with Gasteiger partial charge in [0.2, 0.25) is 11.9 Å². The van der Waals surface area contributed by atoms with Crippen molar-refractivity contribution in [2.24, 2.45) is 0 Å². The maximum Gasteiger partial charge on any atom is 0.252 e. The van der Waals surface area contributed by atoms with Gasteiger partial charge in [-0.1, -0.05) is 28.9 Å². The normalized spacial score (nSPS) is 10.8.